The molecule has 0 radical (unpaired) electrons. The van der Waals surface area contributed by atoms with Crippen LogP contribution < -0.4 is 0 Å². The number of rotatable bonds is 1. The van der Waals surface area contributed by atoms with Gasteiger partial charge in [-0.15, -0.1) is 0 Å². The highest BCUT2D eigenvalue weighted by Crippen LogP contribution is 2.26. The summed E-state index contributed by atoms with van der Waals surface area (Å²) >= 11 is 3.51. The Balaban J connectivity index is 0.000000861. The largest absolute Gasteiger partial charge is 0.207 e. The number of halogens is 2. The molecule has 1 aliphatic rings. The van der Waals surface area contributed by atoms with E-state index in [2.05, 4.69) is 41.9 Å². The maximum absolute atomic E-state index is 13.1. The molecule has 0 aliphatic heterocycles. The van der Waals surface area contributed by atoms with E-state index in [4.69, 9.17) is 0 Å². The summed E-state index contributed by atoms with van der Waals surface area (Å²) < 4.78 is 14.2. The maximum Gasteiger partial charge on any atom is 0.123 e. The first-order valence-corrected chi connectivity index (χ1v) is 7.37. The fourth-order valence-corrected chi connectivity index (χ4v) is 2.29. The van der Waals surface area contributed by atoms with Gasteiger partial charge in [-0.1, -0.05) is 48.0 Å². The second-order valence-electron chi connectivity index (χ2n) is 4.24. The smallest absolute Gasteiger partial charge is 0.123 e. The summed E-state index contributed by atoms with van der Waals surface area (Å²) in [5.74, 6) is -0.172. The Bertz CT molecular complexity index is 536. The van der Waals surface area contributed by atoms with E-state index in [0.29, 0.717) is 0 Å². The van der Waals surface area contributed by atoms with E-state index in [1.165, 1.54) is 17.2 Å². The van der Waals surface area contributed by atoms with E-state index >= 15 is 0 Å². The predicted octanol–water partition coefficient (Wildman–Crippen LogP) is 6.29. The molecule has 0 N–H and O–H groups in total. The van der Waals surface area contributed by atoms with E-state index in [0.717, 1.165) is 22.0 Å². The van der Waals surface area contributed by atoms with Crippen LogP contribution >= 0.6 is 15.9 Å². The van der Waals surface area contributed by atoms with E-state index in [-0.39, 0.29) is 5.83 Å². The van der Waals surface area contributed by atoms with Crippen LogP contribution in [0.25, 0.3) is 6.08 Å². The summed E-state index contributed by atoms with van der Waals surface area (Å²) in [6, 6.07) is 4.09. The van der Waals surface area contributed by atoms with E-state index in [1.807, 2.05) is 26.0 Å². The zero-order chi connectivity index (χ0) is 14.4. The normalized spacial score (nSPS) is 15.9. The molecule has 0 bridgehead atoms. The van der Waals surface area contributed by atoms with Crippen molar-refractivity contribution in [1.29, 1.82) is 0 Å². The third kappa shape index (κ3) is 4.17. The number of benzene rings is 1. The molecule has 1 aromatic carbocycles. The molecular formula is C17H20BrF. The van der Waals surface area contributed by atoms with Crippen LogP contribution in [0.4, 0.5) is 4.39 Å². The van der Waals surface area contributed by atoms with Gasteiger partial charge in [0, 0.05) is 4.47 Å². The van der Waals surface area contributed by atoms with Crippen molar-refractivity contribution >= 4 is 22.0 Å². The monoisotopic (exact) mass is 322 g/mol. The van der Waals surface area contributed by atoms with Crippen LogP contribution in [-0.2, 0) is 0 Å². The standard InChI is InChI=1S/C15H14BrF.C2H6/c1-10-11(2)15(16)7-6-13(10)8-12-4-3-5-14(17)9-12;1-2/h3,5-9H,4H2,1-2H3;1-2H3/b12-8+;. The van der Waals surface area contributed by atoms with Crippen LogP contribution in [0.5, 0.6) is 0 Å². The molecule has 0 heterocycles. The van der Waals surface area contributed by atoms with Crippen LogP contribution in [-0.4, -0.2) is 0 Å². The average Bonchev–Trinajstić information content (AvgIpc) is 2.42. The zero-order valence-corrected chi connectivity index (χ0v) is 13.5. The van der Waals surface area contributed by atoms with Crippen molar-refractivity contribution < 1.29 is 4.39 Å². The topological polar surface area (TPSA) is 0 Å². The summed E-state index contributed by atoms with van der Waals surface area (Å²) in [6.07, 6.45) is 7.80. The van der Waals surface area contributed by atoms with Crippen molar-refractivity contribution in [2.24, 2.45) is 0 Å². The lowest BCUT2D eigenvalue weighted by Crippen LogP contribution is -1.90. The van der Waals surface area contributed by atoms with Gasteiger partial charge in [-0.25, -0.2) is 4.39 Å². The SMILES string of the molecule is CC.Cc1c(Br)ccc(/C=C2/C=C(F)C=CC2)c1C. The summed E-state index contributed by atoms with van der Waals surface area (Å²) in [4.78, 5) is 0. The summed E-state index contributed by atoms with van der Waals surface area (Å²) in [6.45, 7) is 8.17. The van der Waals surface area contributed by atoms with Crippen LogP contribution in [0.1, 0.15) is 37.0 Å². The second kappa shape index (κ2) is 7.44. The Hall–Kier alpha value is -1.15. The van der Waals surface area contributed by atoms with Gasteiger partial charge in [-0.2, -0.15) is 0 Å². The molecule has 2 heteroatoms. The van der Waals surface area contributed by atoms with Gasteiger partial charge in [0.25, 0.3) is 0 Å². The van der Waals surface area contributed by atoms with Crippen LogP contribution in [0.2, 0.25) is 0 Å². The van der Waals surface area contributed by atoms with Gasteiger partial charge in [0.15, 0.2) is 0 Å². The van der Waals surface area contributed by atoms with Crippen LogP contribution in [0.3, 0.4) is 0 Å². The third-order valence-electron chi connectivity index (χ3n) is 3.06. The number of hydrogen-bond acceptors (Lipinski definition) is 0. The van der Waals surface area contributed by atoms with E-state index < -0.39 is 0 Å². The van der Waals surface area contributed by atoms with Crippen molar-refractivity contribution in [3.8, 4) is 0 Å². The molecule has 0 spiro atoms. The summed E-state index contributed by atoms with van der Waals surface area (Å²) in [5.41, 5.74) is 4.63. The molecule has 0 saturated heterocycles. The Morgan fingerprint density at radius 1 is 1.16 bits per heavy atom. The lowest BCUT2D eigenvalue weighted by atomic mass is 9.98. The van der Waals surface area contributed by atoms with Gasteiger partial charge in [-0.3, -0.25) is 0 Å². The van der Waals surface area contributed by atoms with Gasteiger partial charge in [0.1, 0.15) is 5.83 Å². The molecular weight excluding hydrogens is 303 g/mol. The van der Waals surface area contributed by atoms with E-state index in [1.54, 1.807) is 6.08 Å². The van der Waals surface area contributed by atoms with Crippen molar-refractivity contribution in [3.63, 3.8) is 0 Å². The van der Waals surface area contributed by atoms with E-state index in [9.17, 15) is 4.39 Å². The summed E-state index contributed by atoms with van der Waals surface area (Å²) in [5, 5.41) is 0. The minimum Gasteiger partial charge on any atom is -0.207 e. The van der Waals surface area contributed by atoms with Crippen molar-refractivity contribution in [2.45, 2.75) is 34.1 Å². The molecule has 0 nitrogen and oxygen atoms in total. The first kappa shape index (κ1) is 15.9. The fourth-order valence-electron chi connectivity index (χ4n) is 1.86. The van der Waals surface area contributed by atoms with Crippen LogP contribution in [0.15, 0.2) is 46.2 Å². The first-order chi connectivity index (χ1) is 9.08. The lowest BCUT2D eigenvalue weighted by molar-refractivity contribution is 0.662. The molecule has 19 heavy (non-hydrogen) atoms. The third-order valence-corrected chi connectivity index (χ3v) is 3.92. The van der Waals surface area contributed by atoms with Crippen molar-refractivity contribution in [2.75, 3.05) is 0 Å². The molecule has 1 aliphatic carbocycles. The Morgan fingerprint density at radius 3 is 2.47 bits per heavy atom. The lowest BCUT2D eigenvalue weighted by Gasteiger charge is -2.09. The van der Waals surface area contributed by atoms with Gasteiger partial charge < -0.3 is 0 Å². The zero-order valence-electron chi connectivity index (χ0n) is 11.9. The second-order valence-corrected chi connectivity index (χ2v) is 5.10. The molecule has 102 valence electrons. The molecule has 0 saturated carbocycles. The molecule has 0 fully saturated rings. The molecule has 0 amide bonds. The van der Waals surface area contributed by atoms with Gasteiger partial charge in [0.05, 0.1) is 0 Å². The molecule has 0 atom stereocenters. The number of allylic oxidation sites excluding steroid dienone is 5. The van der Waals surface area contributed by atoms with Gasteiger partial charge in [0.2, 0.25) is 0 Å². The summed E-state index contributed by atoms with van der Waals surface area (Å²) in [7, 11) is 0. The highest BCUT2D eigenvalue weighted by Gasteiger charge is 2.05. The quantitative estimate of drug-likeness (QED) is 0.570. The number of hydrogen-bond donors (Lipinski definition) is 0. The Labute approximate surface area is 123 Å². The Morgan fingerprint density at radius 2 is 1.84 bits per heavy atom. The van der Waals surface area contributed by atoms with Gasteiger partial charge in [-0.05, 0) is 60.8 Å². The highest BCUT2D eigenvalue weighted by atomic mass is 79.9. The average molecular weight is 323 g/mol. The fraction of sp³-hybridized carbons (Fsp3) is 0.294. The minimum absolute atomic E-state index is 0.172. The Kier molecular flexibility index (Phi) is 6.23. The molecule has 1 aromatic rings. The maximum atomic E-state index is 13.1. The van der Waals surface area contributed by atoms with Gasteiger partial charge >= 0.3 is 0 Å². The predicted molar refractivity (Wildman–Crippen MR) is 85.9 cm³/mol. The van der Waals surface area contributed by atoms with Crippen molar-refractivity contribution in [1.82, 2.24) is 0 Å². The van der Waals surface area contributed by atoms with Crippen LogP contribution in [0, 0.1) is 13.8 Å². The minimum atomic E-state index is -0.172. The molecule has 0 aromatic heterocycles. The highest BCUT2D eigenvalue weighted by molar-refractivity contribution is 9.10. The molecule has 0 unspecified atom stereocenters. The molecule has 2 rings (SSSR count). The first-order valence-electron chi connectivity index (χ1n) is 6.58. The van der Waals surface area contributed by atoms with Crippen molar-refractivity contribution in [3.05, 3.63) is 62.9 Å².